The van der Waals surface area contributed by atoms with Crippen LogP contribution in [0.3, 0.4) is 0 Å². The van der Waals surface area contributed by atoms with Crippen LogP contribution >= 0.6 is 0 Å². The molecular weight excluding hydrogens is 152 g/mol. The average molecular weight is 164 g/mol. The van der Waals surface area contributed by atoms with Crippen molar-refractivity contribution in [3.05, 3.63) is 29.6 Å². The summed E-state index contributed by atoms with van der Waals surface area (Å²) in [4.78, 5) is 6.05. The quantitative estimate of drug-likeness (QED) is 0.665. The van der Waals surface area contributed by atoms with Crippen LogP contribution in [-0.4, -0.2) is 21.2 Å². The van der Waals surface area contributed by atoms with E-state index in [1.54, 1.807) is 13.1 Å². The Morgan fingerprint density at radius 3 is 2.92 bits per heavy atom. The van der Waals surface area contributed by atoms with Gasteiger partial charge in [-0.1, -0.05) is 0 Å². The summed E-state index contributed by atoms with van der Waals surface area (Å²) in [6.45, 7) is 3.45. The van der Waals surface area contributed by atoms with E-state index in [0.717, 1.165) is 13.1 Å². The van der Waals surface area contributed by atoms with Gasteiger partial charge in [0.15, 0.2) is 0 Å². The molecule has 1 N–H and O–H groups in total. The Hall–Kier alpha value is -0.930. The van der Waals surface area contributed by atoms with Crippen molar-refractivity contribution in [2.75, 3.05) is 0 Å². The Bertz CT molecular complexity index is 261. The highest BCUT2D eigenvalue weighted by molar-refractivity contribution is 5.26. The molecule has 1 aromatic rings. The molecule has 0 bridgehead atoms. The van der Waals surface area contributed by atoms with Gasteiger partial charge in [-0.25, -0.2) is 0 Å². The number of aromatic nitrogens is 1. The Morgan fingerprint density at radius 1 is 1.50 bits per heavy atom. The SMILES string of the molecule is CC(O)N1Cc2ccncc2C1. The predicted molar refractivity (Wildman–Crippen MR) is 45.2 cm³/mol. The number of nitrogens with zero attached hydrogens (tertiary/aromatic N) is 2. The van der Waals surface area contributed by atoms with Crippen molar-refractivity contribution in [1.29, 1.82) is 0 Å². The van der Waals surface area contributed by atoms with E-state index in [4.69, 9.17) is 0 Å². The van der Waals surface area contributed by atoms with E-state index in [9.17, 15) is 5.11 Å². The highest BCUT2D eigenvalue weighted by atomic mass is 16.3. The standard InChI is InChI=1S/C9H12N2O/c1-7(12)11-5-8-2-3-10-4-9(8)6-11/h2-4,7,12H,5-6H2,1H3. The van der Waals surface area contributed by atoms with Gasteiger partial charge in [0.05, 0.1) is 0 Å². The lowest BCUT2D eigenvalue weighted by Gasteiger charge is -2.17. The summed E-state index contributed by atoms with van der Waals surface area (Å²) in [5.41, 5.74) is 2.52. The molecular formula is C9H12N2O. The van der Waals surface area contributed by atoms with E-state index in [1.807, 2.05) is 17.2 Å². The monoisotopic (exact) mass is 164 g/mol. The van der Waals surface area contributed by atoms with Crippen LogP contribution < -0.4 is 0 Å². The van der Waals surface area contributed by atoms with Crippen LogP contribution in [0.25, 0.3) is 0 Å². The first-order valence-electron chi connectivity index (χ1n) is 4.11. The molecule has 1 aromatic heterocycles. The average Bonchev–Trinajstić information content (AvgIpc) is 2.46. The van der Waals surface area contributed by atoms with E-state index in [2.05, 4.69) is 4.98 Å². The zero-order valence-electron chi connectivity index (χ0n) is 7.07. The number of aliphatic hydroxyl groups excluding tert-OH is 1. The summed E-state index contributed by atoms with van der Waals surface area (Å²) in [6, 6.07) is 2.01. The number of fused-ring (bicyclic) bond motifs is 1. The van der Waals surface area contributed by atoms with Crippen molar-refractivity contribution in [3.63, 3.8) is 0 Å². The Kier molecular flexibility index (Phi) is 1.83. The van der Waals surface area contributed by atoms with Crippen LogP contribution in [-0.2, 0) is 13.1 Å². The maximum atomic E-state index is 9.33. The third kappa shape index (κ3) is 1.21. The molecule has 64 valence electrons. The minimum Gasteiger partial charge on any atom is -0.379 e. The topological polar surface area (TPSA) is 36.4 Å². The van der Waals surface area contributed by atoms with Gasteiger partial charge >= 0.3 is 0 Å². The van der Waals surface area contributed by atoms with Crippen LogP contribution in [0.4, 0.5) is 0 Å². The molecule has 0 saturated carbocycles. The van der Waals surface area contributed by atoms with Gasteiger partial charge in [0, 0.05) is 25.5 Å². The normalized spacial score (nSPS) is 19.2. The Balaban J connectivity index is 2.22. The molecule has 1 unspecified atom stereocenters. The number of hydrogen-bond acceptors (Lipinski definition) is 3. The first-order valence-corrected chi connectivity index (χ1v) is 4.11. The highest BCUT2D eigenvalue weighted by Crippen LogP contribution is 2.22. The number of pyridine rings is 1. The minimum absolute atomic E-state index is 0.364. The molecule has 0 fully saturated rings. The molecule has 0 saturated heterocycles. The van der Waals surface area contributed by atoms with Gasteiger partial charge in [0.2, 0.25) is 0 Å². The van der Waals surface area contributed by atoms with Crippen molar-refractivity contribution >= 4 is 0 Å². The van der Waals surface area contributed by atoms with Gasteiger partial charge < -0.3 is 5.11 Å². The second-order valence-corrected chi connectivity index (χ2v) is 3.18. The molecule has 2 heterocycles. The van der Waals surface area contributed by atoms with Crippen molar-refractivity contribution in [2.24, 2.45) is 0 Å². The zero-order chi connectivity index (χ0) is 8.55. The lowest BCUT2D eigenvalue weighted by atomic mass is 10.2. The van der Waals surface area contributed by atoms with Crippen LogP contribution in [0, 0.1) is 0 Å². The molecule has 0 aliphatic carbocycles. The molecule has 1 aliphatic rings. The largest absolute Gasteiger partial charge is 0.379 e. The summed E-state index contributed by atoms with van der Waals surface area (Å²) in [5, 5.41) is 9.33. The van der Waals surface area contributed by atoms with Gasteiger partial charge in [-0.3, -0.25) is 9.88 Å². The Labute approximate surface area is 71.7 Å². The van der Waals surface area contributed by atoms with Crippen LogP contribution in [0.1, 0.15) is 18.1 Å². The molecule has 1 aliphatic heterocycles. The zero-order valence-corrected chi connectivity index (χ0v) is 7.07. The third-order valence-electron chi connectivity index (χ3n) is 2.28. The predicted octanol–water partition coefficient (Wildman–Crippen LogP) is 0.736. The van der Waals surface area contributed by atoms with Gasteiger partial charge in [0.1, 0.15) is 6.23 Å². The van der Waals surface area contributed by atoms with E-state index >= 15 is 0 Å². The first-order chi connectivity index (χ1) is 5.77. The second-order valence-electron chi connectivity index (χ2n) is 3.18. The highest BCUT2D eigenvalue weighted by Gasteiger charge is 2.21. The van der Waals surface area contributed by atoms with Crippen LogP contribution in [0.15, 0.2) is 18.5 Å². The van der Waals surface area contributed by atoms with E-state index < -0.39 is 0 Å². The van der Waals surface area contributed by atoms with Gasteiger partial charge in [-0.2, -0.15) is 0 Å². The Morgan fingerprint density at radius 2 is 2.25 bits per heavy atom. The lowest BCUT2D eigenvalue weighted by Crippen LogP contribution is -2.26. The van der Waals surface area contributed by atoms with Crippen LogP contribution in [0.5, 0.6) is 0 Å². The molecule has 0 spiro atoms. The van der Waals surface area contributed by atoms with Crippen LogP contribution in [0.2, 0.25) is 0 Å². The van der Waals surface area contributed by atoms with Crippen molar-refractivity contribution in [3.8, 4) is 0 Å². The summed E-state index contributed by atoms with van der Waals surface area (Å²) in [5.74, 6) is 0. The molecule has 1 atom stereocenters. The number of aliphatic hydroxyl groups is 1. The summed E-state index contributed by atoms with van der Waals surface area (Å²) < 4.78 is 0. The lowest BCUT2D eigenvalue weighted by molar-refractivity contribution is 0.0157. The summed E-state index contributed by atoms with van der Waals surface area (Å²) >= 11 is 0. The molecule has 0 aromatic carbocycles. The first kappa shape index (κ1) is 7.71. The fraction of sp³-hybridized carbons (Fsp3) is 0.444. The van der Waals surface area contributed by atoms with Crippen molar-refractivity contribution < 1.29 is 5.11 Å². The molecule has 3 heteroatoms. The molecule has 0 amide bonds. The van der Waals surface area contributed by atoms with Crippen molar-refractivity contribution in [2.45, 2.75) is 26.2 Å². The van der Waals surface area contributed by atoms with Gasteiger partial charge in [-0.05, 0) is 24.1 Å². The smallest absolute Gasteiger partial charge is 0.105 e. The number of rotatable bonds is 1. The van der Waals surface area contributed by atoms with E-state index in [1.165, 1.54) is 11.1 Å². The molecule has 0 radical (unpaired) electrons. The fourth-order valence-corrected chi connectivity index (χ4v) is 1.51. The fourth-order valence-electron chi connectivity index (χ4n) is 1.51. The minimum atomic E-state index is -0.364. The molecule has 12 heavy (non-hydrogen) atoms. The summed E-state index contributed by atoms with van der Waals surface area (Å²) in [7, 11) is 0. The van der Waals surface area contributed by atoms with Gasteiger partial charge in [0.25, 0.3) is 0 Å². The maximum Gasteiger partial charge on any atom is 0.105 e. The number of hydrogen-bond donors (Lipinski definition) is 1. The van der Waals surface area contributed by atoms with Crippen molar-refractivity contribution in [1.82, 2.24) is 9.88 Å². The summed E-state index contributed by atoms with van der Waals surface area (Å²) in [6.07, 6.45) is 3.31. The van der Waals surface area contributed by atoms with E-state index in [-0.39, 0.29) is 6.23 Å². The van der Waals surface area contributed by atoms with Gasteiger partial charge in [-0.15, -0.1) is 0 Å². The second kappa shape index (κ2) is 2.84. The third-order valence-corrected chi connectivity index (χ3v) is 2.28. The molecule has 2 rings (SSSR count). The van der Waals surface area contributed by atoms with E-state index in [0.29, 0.717) is 0 Å². The maximum absolute atomic E-state index is 9.33. The molecule has 3 nitrogen and oxygen atoms in total.